The zero-order chi connectivity index (χ0) is 24.2. The summed E-state index contributed by atoms with van der Waals surface area (Å²) < 4.78 is 0. The number of benzene rings is 3. The Morgan fingerprint density at radius 2 is 1.29 bits per heavy atom. The number of aliphatic hydroxyl groups excluding tert-OH is 1. The van der Waals surface area contributed by atoms with E-state index in [4.69, 9.17) is 0 Å². The quantitative estimate of drug-likeness (QED) is 0.430. The van der Waals surface area contributed by atoms with Crippen molar-refractivity contribution in [1.82, 2.24) is 15.1 Å². The Balaban J connectivity index is 1.79. The number of hydrogen-bond acceptors (Lipinski definition) is 3. The number of nitrogens with zero attached hydrogens (tertiary/aromatic N) is 2. The molecule has 0 unspecified atom stereocenters. The summed E-state index contributed by atoms with van der Waals surface area (Å²) in [5.74, 6) is 0. The van der Waals surface area contributed by atoms with Crippen LogP contribution in [0.1, 0.15) is 16.7 Å². The van der Waals surface area contributed by atoms with Crippen LogP contribution in [0.3, 0.4) is 0 Å². The smallest absolute Gasteiger partial charge is 0.318 e. The van der Waals surface area contributed by atoms with E-state index in [0.29, 0.717) is 13.0 Å². The van der Waals surface area contributed by atoms with E-state index in [1.54, 1.807) is 0 Å². The molecule has 0 fully saturated rings. The first kappa shape index (κ1) is 25.5. The maximum atomic E-state index is 13.6. The summed E-state index contributed by atoms with van der Waals surface area (Å²) in [6.07, 6.45) is 2.13. The lowest BCUT2D eigenvalue weighted by atomic mass is 10.0. The van der Waals surface area contributed by atoms with Crippen LogP contribution in [0.5, 0.6) is 0 Å². The van der Waals surface area contributed by atoms with E-state index in [2.05, 4.69) is 34.5 Å². The molecule has 0 spiro atoms. The zero-order valence-corrected chi connectivity index (χ0v) is 20.3. The molecule has 3 rings (SSSR count). The number of carbonyl (C=O) groups is 1. The molecule has 34 heavy (non-hydrogen) atoms. The fourth-order valence-electron chi connectivity index (χ4n) is 4.24. The fraction of sp³-hybridized carbons (Fsp3) is 0.345. The van der Waals surface area contributed by atoms with Crippen molar-refractivity contribution in [2.75, 3.05) is 33.8 Å². The van der Waals surface area contributed by atoms with Gasteiger partial charge >= 0.3 is 6.03 Å². The fourth-order valence-corrected chi connectivity index (χ4v) is 4.24. The molecule has 3 aromatic rings. The molecule has 0 saturated heterocycles. The normalized spacial score (nSPS) is 12.8. The summed E-state index contributed by atoms with van der Waals surface area (Å²) in [6.45, 7) is 1.24. The van der Waals surface area contributed by atoms with Gasteiger partial charge in [0, 0.05) is 13.1 Å². The second kappa shape index (κ2) is 13.5. The van der Waals surface area contributed by atoms with E-state index >= 15 is 0 Å². The molecule has 3 aromatic carbocycles. The molecule has 0 saturated carbocycles. The van der Waals surface area contributed by atoms with Crippen molar-refractivity contribution in [1.29, 1.82) is 0 Å². The van der Waals surface area contributed by atoms with Gasteiger partial charge in [0.05, 0.1) is 18.7 Å². The van der Waals surface area contributed by atoms with Crippen molar-refractivity contribution in [3.63, 3.8) is 0 Å². The molecule has 5 heteroatoms. The Kier molecular flexibility index (Phi) is 10.1. The third-order valence-electron chi connectivity index (χ3n) is 5.95. The first-order valence-corrected chi connectivity index (χ1v) is 12.0. The number of nitrogens with one attached hydrogen (secondary N) is 1. The lowest BCUT2D eigenvalue weighted by Gasteiger charge is -2.35. The average molecular weight is 460 g/mol. The van der Waals surface area contributed by atoms with Crippen LogP contribution in [0.25, 0.3) is 0 Å². The summed E-state index contributed by atoms with van der Waals surface area (Å²) in [7, 11) is 4.08. The predicted octanol–water partition coefficient (Wildman–Crippen LogP) is 4.02. The molecular formula is C29H37N3O2. The highest BCUT2D eigenvalue weighted by molar-refractivity contribution is 5.75. The molecule has 0 bridgehead atoms. The molecule has 0 heterocycles. The number of amides is 2. The van der Waals surface area contributed by atoms with Crippen LogP contribution in [0, 0.1) is 0 Å². The van der Waals surface area contributed by atoms with E-state index in [1.807, 2.05) is 85.7 Å². The maximum Gasteiger partial charge on any atom is 0.318 e. The minimum absolute atomic E-state index is 0.00261. The summed E-state index contributed by atoms with van der Waals surface area (Å²) in [5, 5.41) is 13.1. The average Bonchev–Trinajstić information content (AvgIpc) is 2.85. The summed E-state index contributed by atoms with van der Waals surface area (Å²) >= 11 is 0. The number of rotatable bonds is 12. The van der Waals surface area contributed by atoms with Gasteiger partial charge in [0.15, 0.2) is 0 Å². The van der Waals surface area contributed by atoms with Crippen LogP contribution in [-0.4, -0.2) is 66.8 Å². The van der Waals surface area contributed by atoms with Crippen LogP contribution in [0.2, 0.25) is 0 Å². The summed E-state index contributed by atoms with van der Waals surface area (Å²) in [5.41, 5.74) is 3.49. The molecule has 2 N–H and O–H groups in total. The number of carbonyl (C=O) groups excluding carboxylic acids is 1. The van der Waals surface area contributed by atoms with Crippen molar-refractivity contribution < 1.29 is 9.90 Å². The molecule has 0 aromatic heterocycles. The van der Waals surface area contributed by atoms with Crippen molar-refractivity contribution in [3.8, 4) is 0 Å². The minimum atomic E-state index is -0.342. The van der Waals surface area contributed by atoms with Crippen LogP contribution in [-0.2, 0) is 19.3 Å². The molecule has 2 atom stereocenters. The van der Waals surface area contributed by atoms with Gasteiger partial charge in [-0.3, -0.25) is 0 Å². The third-order valence-corrected chi connectivity index (χ3v) is 5.95. The number of aliphatic hydroxyl groups is 1. The van der Waals surface area contributed by atoms with Gasteiger partial charge in [0.1, 0.15) is 0 Å². The Morgan fingerprint density at radius 1 is 0.794 bits per heavy atom. The second-order valence-corrected chi connectivity index (χ2v) is 9.05. The predicted molar refractivity (Wildman–Crippen MR) is 139 cm³/mol. The molecule has 0 aliphatic carbocycles. The largest absolute Gasteiger partial charge is 0.394 e. The summed E-state index contributed by atoms with van der Waals surface area (Å²) in [4.78, 5) is 17.7. The van der Waals surface area contributed by atoms with Crippen molar-refractivity contribution in [3.05, 3.63) is 108 Å². The maximum absolute atomic E-state index is 13.6. The molecule has 0 radical (unpaired) electrons. The van der Waals surface area contributed by atoms with Gasteiger partial charge in [-0.2, -0.15) is 0 Å². The van der Waals surface area contributed by atoms with Crippen LogP contribution < -0.4 is 5.32 Å². The van der Waals surface area contributed by atoms with Crippen LogP contribution in [0.4, 0.5) is 4.79 Å². The van der Waals surface area contributed by atoms with E-state index < -0.39 is 0 Å². The first-order valence-electron chi connectivity index (χ1n) is 12.0. The molecule has 0 aliphatic rings. The second-order valence-electron chi connectivity index (χ2n) is 9.05. The molecule has 180 valence electrons. The van der Waals surface area contributed by atoms with Crippen LogP contribution >= 0.6 is 0 Å². The monoisotopic (exact) mass is 459 g/mol. The molecule has 0 aliphatic heterocycles. The Morgan fingerprint density at radius 3 is 1.79 bits per heavy atom. The van der Waals surface area contributed by atoms with Gasteiger partial charge in [-0.15, -0.1) is 0 Å². The highest BCUT2D eigenvalue weighted by atomic mass is 16.3. The van der Waals surface area contributed by atoms with E-state index in [1.165, 1.54) is 11.1 Å². The van der Waals surface area contributed by atoms with Gasteiger partial charge in [-0.05, 0) is 50.0 Å². The highest BCUT2D eigenvalue weighted by Crippen LogP contribution is 2.14. The van der Waals surface area contributed by atoms with E-state index in [0.717, 1.165) is 24.9 Å². The number of urea groups is 1. The van der Waals surface area contributed by atoms with Crippen molar-refractivity contribution in [2.24, 2.45) is 0 Å². The molecular weight excluding hydrogens is 422 g/mol. The molecule has 5 nitrogen and oxygen atoms in total. The van der Waals surface area contributed by atoms with Gasteiger partial charge in [0.25, 0.3) is 0 Å². The Hall–Kier alpha value is -3.15. The third kappa shape index (κ3) is 8.32. The van der Waals surface area contributed by atoms with E-state index in [9.17, 15) is 9.90 Å². The zero-order valence-electron chi connectivity index (χ0n) is 20.3. The minimum Gasteiger partial charge on any atom is -0.394 e. The Labute approximate surface area is 204 Å². The van der Waals surface area contributed by atoms with Gasteiger partial charge in [-0.25, -0.2) is 4.79 Å². The first-order chi connectivity index (χ1) is 16.5. The molecule has 2 amide bonds. The van der Waals surface area contributed by atoms with Crippen molar-refractivity contribution >= 4 is 6.03 Å². The topological polar surface area (TPSA) is 55.8 Å². The Bertz CT molecular complexity index is 964. The van der Waals surface area contributed by atoms with Crippen LogP contribution in [0.15, 0.2) is 91.0 Å². The number of likely N-dealkylation sites (N-methyl/N-ethyl adjacent to an activating group) is 1. The standard InChI is InChI=1S/C29H37N3O2/c1-31(2)22-28(21-26-16-10-5-11-17-26)32(19-18-24-12-6-3-7-13-24)29(34)30-27(23-33)20-25-14-8-4-9-15-25/h3-17,27-28,33H,18-23H2,1-2H3,(H,30,34)/t27-,28-/m0/s1. The van der Waals surface area contributed by atoms with Gasteiger partial charge in [-0.1, -0.05) is 91.0 Å². The van der Waals surface area contributed by atoms with Crippen molar-refractivity contribution in [2.45, 2.75) is 31.3 Å². The van der Waals surface area contributed by atoms with E-state index in [-0.39, 0.29) is 24.7 Å². The lowest BCUT2D eigenvalue weighted by molar-refractivity contribution is 0.149. The summed E-state index contributed by atoms with van der Waals surface area (Å²) in [6, 6.07) is 30.1. The lowest BCUT2D eigenvalue weighted by Crippen LogP contribution is -2.54. The number of hydrogen-bond donors (Lipinski definition) is 2. The highest BCUT2D eigenvalue weighted by Gasteiger charge is 2.26. The van der Waals surface area contributed by atoms with Gasteiger partial charge in [0.2, 0.25) is 0 Å². The SMILES string of the molecule is CN(C)C[C@H](Cc1ccccc1)N(CCc1ccccc1)C(=O)N[C@H](CO)Cc1ccccc1. The van der Waals surface area contributed by atoms with Gasteiger partial charge < -0.3 is 20.2 Å².